The van der Waals surface area contributed by atoms with Gasteiger partial charge < -0.3 is 10.2 Å². The van der Waals surface area contributed by atoms with Crippen LogP contribution in [-0.4, -0.2) is 21.7 Å². The maximum atomic E-state index is 12.8. The van der Waals surface area contributed by atoms with E-state index in [9.17, 15) is 15.0 Å². The number of hydrogen-bond donors (Lipinski definition) is 2. The Bertz CT molecular complexity index is 879. The summed E-state index contributed by atoms with van der Waals surface area (Å²) in [4.78, 5) is 17.3. The van der Waals surface area contributed by atoms with Crippen molar-refractivity contribution in [3.8, 4) is 5.75 Å². The minimum Gasteiger partial charge on any atom is -0.511 e. The van der Waals surface area contributed by atoms with Gasteiger partial charge in [0.05, 0.1) is 11.3 Å². The van der Waals surface area contributed by atoms with E-state index in [0.29, 0.717) is 24.2 Å². The number of rotatable bonds is 3. The third-order valence-corrected chi connectivity index (χ3v) is 4.49. The third-order valence-electron chi connectivity index (χ3n) is 4.49. The second-order valence-electron chi connectivity index (χ2n) is 7.47. The van der Waals surface area contributed by atoms with Gasteiger partial charge in [0.2, 0.25) is 0 Å². The Hall–Kier alpha value is -2.88. The molecule has 3 rings (SSSR count). The Morgan fingerprint density at radius 3 is 2.38 bits per heavy atom. The number of aliphatic imine (C=N–C) groups is 1. The van der Waals surface area contributed by atoms with Gasteiger partial charge in [-0.1, -0.05) is 56.3 Å². The first-order chi connectivity index (χ1) is 12.4. The summed E-state index contributed by atoms with van der Waals surface area (Å²) in [5.74, 6) is -0.0209. The second kappa shape index (κ2) is 7.16. The molecule has 0 bridgehead atoms. The predicted molar refractivity (Wildman–Crippen MR) is 103 cm³/mol. The number of allylic oxidation sites excluding steroid dienone is 2. The Balaban J connectivity index is 2.06. The molecule has 4 nitrogen and oxygen atoms in total. The Labute approximate surface area is 153 Å². The number of hydrogen-bond acceptors (Lipinski definition) is 4. The van der Waals surface area contributed by atoms with Gasteiger partial charge in [0.15, 0.2) is 5.78 Å². The SMILES string of the molecule is CC1(C)CC(=O)/C(=C(/O)Cc2ccccc2)C(=Nc2ccccc2O)C1. The topological polar surface area (TPSA) is 69.9 Å². The number of aliphatic hydroxyl groups is 1. The molecule has 0 atom stereocenters. The zero-order valence-electron chi connectivity index (χ0n) is 15.1. The van der Waals surface area contributed by atoms with Crippen LogP contribution in [0.4, 0.5) is 5.69 Å². The number of phenolic OH excluding ortho intramolecular Hbond substituents is 1. The van der Waals surface area contributed by atoms with Crippen LogP contribution in [0, 0.1) is 5.41 Å². The van der Waals surface area contributed by atoms with Crippen LogP contribution in [0.25, 0.3) is 0 Å². The predicted octanol–water partition coefficient (Wildman–Crippen LogP) is 4.91. The standard InChI is InChI=1S/C22H23NO3/c1-22(2)13-17(23-16-10-6-7-11-18(16)24)21(20(26)14-22)19(25)12-15-8-4-3-5-9-15/h3-11,24-25H,12-14H2,1-2H3/b21-19+,23-17?. The van der Waals surface area contributed by atoms with E-state index >= 15 is 0 Å². The maximum Gasteiger partial charge on any atom is 0.168 e. The number of phenols is 1. The number of para-hydroxylation sites is 2. The van der Waals surface area contributed by atoms with E-state index in [4.69, 9.17) is 0 Å². The molecule has 4 heteroatoms. The number of aromatic hydroxyl groups is 1. The molecule has 2 N–H and O–H groups in total. The lowest BCUT2D eigenvalue weighted by Crippen LogP contribution is -2.32. The normalized spacial score (nSPS) is 20.2. The smallest absolute Gasteiger partial charge is 0.168 e. The third kappa shape index (κ3) is 4.02. The lowest BCUT2D eigenvalue weighted by molar-refractivity contribution is -0.117. The molecule has 0 aliphatic heterocycles. The fourth-order valence-corrected chi connectivity index (χ4v) is 3.29. The summed E-state index contributed by atoms with van der Waals surface area (Å²) in [6.07, 6.45) is 1.20. The van der Waals surface area contributed by atoms with E-state index in [1.165, 1.54) is 0 Å². The van der Waals surface area contributed by atoms with Gasteiger partial charge in [-0.05, 0) is 29.5 Å². The highest BCUT2D eigenvalue weighted by atomic mass is 16.3. The molecular formula is C22H23NO3. The van der Waals surface area contributed by atoms with Crippen LogP contribution in [0.15, 0.2) is 70.9 Å². The van der Waals surface area contributed by atoms with Gasteiger partial charge in [-0.15, -0.1) is 0 Å². The van der Waals surface area contributed by atoms with Crippen molar-refractivity contribution in [2.24, 2.45) is 10.4 Å². The number of carbonyl (C=O) groups is 1. The van der Waals surface area contributed by atoms with Crippen LogP contribution in [0.1, 0.15) is 32.3 Å². The summed E-state index contributed by atoms with van der Waals surface area (Å²) in [6.45, 7) is 4.02. The highest BCUT2D eigenvalue weighted by molar-refractivity contribution is 6.25. The quantitative estimate of drug-likeness (QED) is 0.611. The van der Waals surface area contributed by atoms with Crippen molar-refractivity contribution in [3.63, 3.8) is 0 Å². The summed E-state index contributed by atoms with van der Waals surface area (Å²) in [5.41, 5.74) is 1.91. The molecule has 0 spiro atoms. The van der Waals surface area contributed by atoms with E-state index in [1.54, 1.807) is 24.3 Å². The van der Waals surface area contributed by atoms with E-state index in [2.05, 4.69) is 4.99 Å². The largest absolute Gasteiger partial charge is 0.511 e. The van der Waals surface area contributed by atoms with Gasteiger partial charge in [0.25, 0.3) is 0 Å². The first-order valence-electron chi connectivity index (χ1n) is 8.71. The van der Waals surface area contributed by atoms with E-state index in [0.717, 1.165) is 5.56 Å². The molecule has 0 radical (unpaired) electrons. The lowest BCUT2D eigenvalue weighted by atomic mass is 9.73. The monoisotopic (exact) mass is 349 g/mol. The molecule has 1 saturated carbocycles. The second-order valence-corrected chi connectivity index (χ2v) is 7.47. The zero-order chi connectivity index (χ0) is 18.7. The van der Waals surface area contributed by atoms with Crippen molar-refractivity contribution in [3.05, 3.63) is 71.5 Å². The fraction of sp³-hybridized carbons (Fsp3) is 0.273. The molecule has 0 heterocycles. The van der Waals surface area contributed by atoms with Crippen molar-refractivity contribution in [1.82, 2.24) is 0 Å². The number of carbonyl (C=O) groups excluding carboxylic acids is 1. The first-order valence-corrected chi connectivity index (χ1v) is 8.71. The summed E-state index contributed by atoms with van der Waals surface area (Å²) in [7, 11) is 0. The molecule has 2 aromatic carbocycles. The molecule has 2 aromatic rings. The number of aliphatic hydroxyl groups excluding tert-OH is 1. The summed E-state index contributed by atoms with van der Waals surface area (Å²) in [6, 6.07) is 16.3. The molecule has 0 unspecified atom stereocenters. The van der Waals surface area contributed by atoms with Crippen molar-refractivity contribution in [2.75, 3.05) is 0 Å². The van der Waals surface area contributed by atoms with E-state index in [-0.39, 0.29) is 34.7 Å². The van der Waals surface area contributed by atoms with Crippen molar-refractivity contribution in [2.45, 2.75) is 33.1 Å². The molecule has 1 aliphatic carbocycles. The number of benzene rings is 2. The molecule has 0 saturated heterocycles. The minimum atomic E-state index is -0.239. The van der Waals surface area contributed by atoms with E-state index in [1.807, 2.05) is 44.2 Å². The molecule has 26 heavy (non-hydrogen) atoms. The number of Topliss-reactive ketones (excluding diaryl/α,β-unsaturated/α-hetero) is 1. The maximum absolute atomic E-state index is 12.8. The van der Waals surface area contributed by atoms with Crippen LogP contribution in [0.5, 0.6) is 5.75 Å². The van der Waals surface area contributed by atoms with Crippen LogP contribution >= 0.6 is 0 Å². The van der Waals surface area contributed by atoms with Crippen molar-refractivity contribution < 1.29 is 15.0 Å². The fourth-order valence-electron chi connectivity index (χ4n) is 3.29. The van der Waals surface area contributed by atoms with Gasteiger partial charge in [-0.2, -0.15) is 0 Å². The van der Waals surface area contributed by atoms with Gasteiger partial charge in [-0.25, -0.2) is 4.99 Å². The van der Waals surface area contributed by atoms with Gasteiger partial charge >= 0.3 is 0 Å². The van der Waals surface area contributed by atoms with E-state index < -0.39 is 0 Å². The minimum absolute atomic E-state index is 0.0332. The highest BCUT2D eigenvalue weighted by Gasteiger charge is 2.36. The Morgan fingerprint density at radius 1 is 1.04 bits per heavy atom. The average molecular weight is 349 g/mol. The average Bonchev–Trinajstić information content (AvgIpc) is 2.56. The summed E-state index contributed by atoms with van der Waals surface area (Å²) >= 11 is 0. The van der Waals surface area contributed by atoms with Crippen molar-refractivity contribution in [1.29, 1.82) is 0 Å². The zero-order valence-corrected chi connectivity index (χ0v) is 15.1. The van der Waals surface area contributed by atoms with Crippen LogP contribution in [-0.2, 0) is 11.2 Å². The van der Waals surface area contributed by atoms with Crippen LogP contribution < -0.4 is 0 Å². The summed E-state index contributed by atoms with van der Waals surface area (Å²) < 4.78 is 0. The molecule has 134 valence electrons. The first kappa shape index (κ1) is 17.9. The summed E-state index contributed by atoms with van der Waals surface area (Å²) in [5, 5.41) is 20.7. The Kier molecular flexibility index (Phi) is 4.94. The number of nitrogens with zero attached hydrogens (tertiary/aromatic N) is 1. The van der Waals surface area contributed by atoms with Gasteiger partial charge in [0, 0.05) is 12.8 Å². The molecule has 0 amide bonds. The molecular weight excluding hydrogens is 326 g/mol. The lowest BCUT2D eigenvalue weighted by Gasteiger charge is -2.31. The molecule has 1 aliphatic rings. The van der Waals surface area contributed by atoms with Gasteiger partial charge in [-0.3, -0.25) is 4.79 Å². The van der Waals surface area contributed by atoms with Crippen molar-refractivity contribution >= 4 is 17.2 Å². The van der Waals surface area contributed by atoms with Gasteiger partial charge in [0.1, 0.15) is 17.2 Å². The molecule has 1 fully saturated rings. The number of ketones is 1. The van der Waals surface area contributed by atoms with Crippen LogP contribution in [0.2, 0.25) is 0 Å². The van der Waals surface area contributed by atoms with Crippen LogP contribution in [0.3, 0.4) is 0 Å². The highest BCUT2D eigenvalue weighted by Crippen LogP contribution is 2.37. The Morgan fingerprint density at radius 2 is 1.69 bits per heavy atom. The molecule has 0 aromatic heterocycles.